The van der Waals surface area contributed by atoms with Crippen molar-refractivity contribution in [3.8, 4) is 0 Å². The number of hydrogen-bond donors (Lipinski definition) is 6. The molecular weight excluding hydrogens is 1170 g/mol. The molecule has 0 aliphatic carbocycles. The minimum Gasteiger partial charge on any atom is -0.466 e. The zero-order valence-corrected chi connectivity index (χ0v) is 61.2. The highest BCUT2D eigenvalue weighted by molar-refractivity contribution is 5.76. The summed E-state index contributed by atoms with van der Waals surface area (Å²) < 4.78 is 16.7. The summed E-state index contributed by atoms with van der Waals surface area (Å²) in [4.78, 5) is 25.2. The number of rotatable bonds is 71. The molecule has 1 aliphatic rings. The van der Waals surface area contributed by atoms with Gasteiger partial charge in [-0.3, -0.25) is 9.59 Å². The fourth-order valence-electron chi connectivity index (χ4n) is 12.4. The lowest BCUT2D eigenvalue weighted by atomic mass is 9.99. The number of carbonyl (C=O) groups excluding carboxylic acids is 2. The quantitative estimate of drug-likeness (QED) is 0.0195. The van der Waals surface area contributed by atoms with Crippen LogP contribution in [0, 0.1) is 0 Å². The predicted molar refractivity (Wildman–Crippen MR) is 398 cm³/mol. The lowest BCUT2D eigenvalue weighted by Crippen LogP contribution is -2.60. The molecule has 1 aliphatic heterocycles. The zero-order chi connectivity index (χ0) is 67.9. The van der Waals surface area contributed by atoms with Gasteiger partial charge in [0.15, 0.2) is 6.29 Å². The van der Waals surface area contributed by atoms with Crippen molar-refractivity contribution >= 4 is 11.9 Å². The van der Waals surface area contributed by atoms with E-state index in [2.05, 4.69) is 79.9 Å². The Morgan fingerprint density at radius 3 is 1.14 bits per heavy atom. The van der Waals surface area contributed by atoms with Gasteiger partial charge in [0.1, 0.15) is 24.4 Å². The fourth-order valence-corrected chi connectivity index (χ4v) is 12.4. The van der Waals surface area contributed by atoms with Crippen LogP contribution in [0.4, 0.5) is 0 Å². The maximum atomic E-state index is 13.1. The van der Waals surface area contributed by atoms with E-state index in [0.717, 1.165) is 77.0 Å². The van der Waals surface area contributed by atoms with Gasteiger partial charge in [-0.1, -0.05) is 324 Å². The molecule has 548 valence electrons. The van der Waals surface area contributed by atoms with Gasteiger partial charge in [-0.2, -0.15) is 0 Å². The van der Waals surface area contributed by atoms with Gasteiger partial charge in [0.2, 0.25) is 5.91 Å². The van der Waals surface area contributed by atoms with Crippen molar-refractivity contribution in [2.45, 2.75) is 423 Å². The van der Waals surface area contributed by atoms with Crippen molar-refractivity contribution in [3.05, 3.63) is 72.9 Å². The van der Waals surface area contributed by atoms with Crippen LogP contribution in [0.2, 0.25) is 0 Å². The van der Waals surface area contributed by atoms with E-state index in [9.17, 15) is 35.1 Å². The standard InChI is InChI=1S/C83H151NO10/c1-3-5-7-9-11-13-15-17-47-51-55-59-63-67-71-79(88)92-72-68-64-60-56-52-48-44-42-40-38-36-34-32-30-28-26-24-22-20-18-19-21-23-25-27-29-31-33-35-37-39-41-43-46-50-54-58-62-66-70-78(87)84-75(74-93-83-82(91)81(90)80(89)77(73-85)94-83)76(86)69-65-61-57-53-49-45-16-14-12-10-8-6-4-2/h12,14-15,17-19,22,24,49,53,65,69,75-77,80-83,85-86,89-91H,3-11,13,16,20-21,23,25-48,50-52,54-64,66-68,70-74H2,1-2H3,(H,84,87)/b14-12+,17-15-,19-18-,24-22-,53-49+,69-65+. The second kappa shape index (κ2) is 71.4. The number of esters is 1. The molecule has 1 saturated heterocycles. The molecule has 0 aromatic heterocycles. The van der Waals surface area contributed by atoms with Gasteiger partial charge in [0.25, 0.3) is 0 Å². The number of unbranched alkanes of at least 4 members (excludes halogenated alkanes) is 47. The molecule has 1 fully saturated rings. The third-order valence-corrected chi connectivity index (χ3v) is 18.7. The molecule has 1 rings (SSSR count). The van der Waals surface area contributed by atoms with E-state index in [4.69, 9.17) is 14.2 Å². The van der Waals surface area contributed by atoms with E-state index in [1.165, 1.54) is 276 Å². The first kappa shape index (κ1) is 89.1. The van der Waals surface area contributed by atoms with Crippen LogP contribution in [-0.4, -0.2) is 100 Å². The Bertz CT molecular complexity index is 1790. The van der Waals surface area contributed by atoms with Gasteiger partial charge in [0, 0.05) is 12.8 Å². The van der Waals surface area contributed by atoms with Gasteiger partial charge >= 0.3 is 5.97 Å². The summed E-state index contributed by atoms with van der Waals surface area (Å²) in [5, 5.41) is 54.5. The Balaban J connectivity index is 1.91. The number of hydrogen-bond acceptors (Lipinski definition) is 10. The number of allylic oxidation sites excluding steroid dienone is 11. The molecule has 11 heteroatoms. The number of aliphatic hydroxyl groups is 5. The van der Waals surface area contributed by atoms with Gasteiger partial charge < -0.3 is 45.1 Å². The highest BCUT2D eigenvalue weighted by atomic mass is 16.7. The minimum absolute atomic E-state index is 0.00576. The number of aliphatic hydroxyl groups excluding tert-OH is 5. The third kappa shape index (κ3) is 59.2. The first-order chi connectivity index (χ1) is 46.2. The molecule has 7 unspecified atom stereocenters. The lowest BCUT2D eigenvalue weighted by Gasteiger charge is -2.40. The topological polar surface area (TPSA) is 175 Å². The normalized spacial score (nSPS) is 17.8. The Morgan fingerprint density at radius 1 is 0.394 bits per heavy atom. The van der Waals surface area contributed by atoms with Crippen molar-refractivity contribution in [2.75, 3.05) is 19.8 Å². The molecular formula is C83H151NO10. The van der Waals surface area contributed by atoms with Gasteiger partial charge in [-0.05, 0) is 116 Å². The lowest BCUT2D eigenvalue weighted by molar-refractivity contribution is -0.302. The zero-order valence-electron chi connectivity index (χ0n) is 61.2. The second-order valence-corrected chi connectivity index (χ2v) is 27.7. The smallest absolute Gasteiger partial charge is 0.305 e. The van der Waals surface area contributed by atoms with Crippen LogP contribution in [0.5, 0.6) is 0 Å². The van der Waals surface area contributed by atoms with Crippen molar-refractivity contribution in [1.82, 2.24) is 5.32 Å². The molecule has 0 bridgehead atoms. The Labute approximate surface area is 579 Å². The number of carbonyl (C=O) groups is 2. The minimum atomic E-state index is -1.58. The molecule has 1 amide bonds. The number of nitrogens with one attached hydrogen (secondary N) is 1. The summed E-state index contributed by atoms with van der Waals surface area (Å²) in [6.45, 7) is 4.32. The van der Waals surface area contributed by atoms with Gasteiger partial charge in [0.05, 0.1) is 32.0 Å². The first-order valence-electron chi connectivity index (χ1n) is 40.2. The van der Waals surface area contributed by atoms with Crippen LogP contribution in [-0.2, 0) is 23.8 Å². The average Bonchev–Trinajstić information content (AvgIpc) is 0.844. The SMILES string of the molecule is CCCCC/C=C/CC/C=C/CC/C=C/C(O)C(COC1OC(CO)C(O)C(O)C1O)NC(=O)CCCCCCCCCCCCCCCCCCC/C=C\C/C=C\CCCCCCCCCCCCCCCCCOC(=O)CCCCCCC/C=C\CCCCCCC. The van der Waals surface area contributed by atoms with Gasteiger partial charge in [-0.15, -0.1) is 0 Å². The predicted octanol–water partition coefficient (Wildman–Crippen LogP) is 21.8. The molecule has 1 heterocycles. The van der Waals surface area contributed by atoms with E-state index in [0.29, 0.717) is 19.4 Å². The monoisotopic (exact) mass is 1320 g/mol. The summed E-state index contributed by atoms with van der Waals surface area (Å²) in [6.07, 6.45) is 88.0. The molecule has 7 atom stereocenters. The van der Waals surface area contributed by atoms with E-state index >= 15 is 0 Å². The van der Waals surface area contributed by atoms with Crippen molar-refractivity contribution < 1.29 is 49.3 Å². The molecule has 0 saturated carbocycles. The summed E-state index contributed by atoms with van der Waals surface area (Å²) in [7, 11) is 0. The van der Waals surface area contributed by atoms with Crippen LogP contribution >= 0.6 is 0 Å². The first-order valence-corrected chi connectivity index (χ1v) is 40.2. The van der Waals surface area contributed by atoms with Crippen LogP contribution in [0.1, 0.15) is 380 Å². The average molecular weight is 1320 g/mol. The molecule has 11 nitrogen and oxygen atoms in total. The number of ether oxygens (including phenoxy) is 3. The highest BCUT2D eigenvalue weighted by Crippen LogP contribution is 2.24. The largest absolute Gasteiger partial charge is 0.466 e. The molecule has 0 radical (unpaired) electrons. The molecule has 0 spiro atoms. The Hall–Kier alpha value is -2.90. The molecule has 94 heavy (non-hydrogen) atoms. The van der Waals surface area contributed by atoms with Crippen LogP contribution in [0.25, 0.3) is 0 Å². The van der Waals surface area contributed by atoms with E-state index in [1.54, 1.807) is 6.08 Å². The molecule has 6 N–H and O–H groups in total. The van der Waals surface area contributed by atoms with Crippen LogP contribution < -0.4 is 5.32 Å². The van der Waals surface area contributed by atoms with Crippen LogP contribution in [0.15, 0.2) is 72.9 Å². The van der Waals surface area contributed by atoms with E-state index in [1.807, 2.05) is 6.08 Å². The van der Waals surface area contributed by atoms with Crippen molar-refractivity contribution in [1.29, 1.82) is 0 Å². The molecule has 0 aromatic rings. The second-order valence-electron chi connectivity index (χ2n) is 27.7. The Kier molecular flexibility index (Phi) is 67.7. The molecule has 0 aromatic carbocycles. The van der Waals surface area contributed by atoms with Crippen molar-refractivity contribution in [3.63, 3.8) is 0 Å². The van der Waals surface area contributed by atoms with E-state index < -0.39 is 49.5 Å². The fraction of sp³-hybridized carbons (Fsp3) is 0.831. The maximum absolute atomic E-state index is 13.1. The summed E-state index contributed by atoms with van der Waals surface area (Å²) in [6, 6.07) is -0.834. The highest BCUT2D eigenvalue weighted by Gasteiger charge is 2.44. The van der Waals surface area contributed by atoms with Gasteiger partial charge in [-0.25, -0.2) is 0 Å². The van der Waals surface area contributed by atoms with Crippen LogP contribution in [0.3, 0.4) is 0 Å². The number of amides is 1. The maximum Gasteiger partial charge on any atom is 0.305 e. The third-order valence-electron chi connectivity index (χ3n) is 18.7. The Morgan fingerprint density at radius 2 is 0.723 bits per heavy atom. The summed E-state index contributed by atoms with van der Waals surface area (Å²) in [5.41, 5.74) is 0. The van der Waals surface area contributed by atoms with Crippen molar-refractivity contribution in [2.24, 2.45) is 0 Å². The summed E-state index contributed by atoms with van der Waals surface area (Å²) >= 11 is 0. The summed E-state index contributed by atoms with van der Waals surface area (Å²) in [5.74, 6) is -0.187. The van der Waals surface area contributed by atoms with E-state index in [-0.39, 0.29) is 18.5 Å².